The second-order valence-electron chi connectivity index (χ2n) is 8.42. The van der Waals surface area contributed by atoms with Gasteiger partial charge in [0.25, 0.3) is 0 Å². The van der Waals surface area contributed by atoms with Gasteiger partial charge in [0.1, 0.15) is 17.8 Å². The second-order valence-corrected chi connectivity index (χ2v) is 8.42. The number of alkyl halides is 1. The van der Waals surface area contributed by atoms with E-state index in [9.17, 15) is 13.2 Å². The van der Waals surface area contributed by atoms with Gasteiger partial charge in [0.05, 0.1) is 0 Å². The highest BCUT2D eigenvalue weighted by Gasteiger charge is 2.28. The standard InChI is InChI=1S/C25H27F3/c1-16-24(27)14-22(15-25(16)28)21-8-6-18(7-9-21)17-2-4-19(5-3-17)20-10-12-23(26)13-11-20/h2,6-9,14-15,19-20,23H,3-5,10-13H2,1H3. The van der Waals surface area contributed by atoms with E-state index in [0.717, 1.165) is 44.1 Å². The lowest BCUT2D eigenvalue weighted by atomic mass is 9.73. The molecule has 0 bridgehead atoms. The Morgan fingerprint density at radius 1 is 0.750 bits per heavy atom. The number of allylic oxidation sites excluding steroid dienone is 2. The Kier molecular flexibility index (Phi) is 5.61. The summed E-state index contributed by atoms with van der Waals surface area (Å²) in [5.41, 5.74) is 3.97. The number of hydrogen-bond donors (Lipinski definition) is 0. The Bertz CT molecular complexity index is 835. The molecule has 2 aliphatic rings. The maximum atomic E-state index is 13.8. The van der Waals surface area contributed by atoms with Crippen LogP contribution in [-0.2, 0) is 0 Å². The van der Waals surface area contributed by atoms with E-state index in [1.54, 1.807) is 0 Å². The first-order valence-electron chi connectivity index (χ1n) is 10.4. The van der Waals surface area contributed by atoms with E-state index < -0.39 is 17.8 Å². The highest BCUT2D eigenvalue weighted by Crippen LogP contribution is 2.40. The number of benzene rings is 2. The van der Waals surface area contributed by atoms with Crippen molar-refractivity contribution in [2.24, 2.45) is 11.8 Å². The van der Waals surface area contributed by atoms with Gasteiger partial charge in [-0.25, -0.2) is 13.2 Å². The van der Waals surface area contributed by atoms with Gasteiger partial charge in [-0.05, 0) is 98.1 Å². The monoisotopic (exact) mass is 384 g/mol. The van der Waals surface area contributed by atoms with Crippen molar-refractivity contribution in [3.05, 3.63) is 65.2 Å². The predicted octanol–water partition coefficient (Wildman–Crippen LogP) is 7.65. The van der Waals surface area contributed by atoms with Gasteiger partial charge in [-0.3, -0.25) is 0 Å². The quantitative estimate of drug-likeness (QED) is 0.510. The minimum atomic E-state index is -0.583. The van der Waals surface area contributed by atoms with E-state index in [1.807, 2.05) is 24.3 Å². The molecule has 0 amide bonds. The molecule has 2 aromatic rings. The molecular formula is C25H27F3. The van der Waals surface area contributed by atoms with Gasteiger partial charge in [-0.1, -0.05) is 30.3 Å². The average Bonchev–Trinajstić information content (AvgIpc) is 2.72. The third kappa shape index (κ3) is 4.04. The van der Waals surface area contributed by atoms with Crippen LogP contribution in [0.1, 0.15) is 56.1 Å². The second kappa shape index (κ2) is 8.14. The van der Waals surface area contributed by atoms with Crippen LogP contribution in [0.3, 0.4) is 0 Å². The van der Waals surface area contributed by atoms with E-state index in [1.165, 1.54) is 36.6 Å². The van der Waals surface area contributed by atoms with Gasteiger partial charge in [0.2, 0.25) is 0 Å². The third-order valence-electron chi connectivity index (χ3n) is 6.69. The Morgan fingerprint density at radius 2 is 1.36 bits per heavy atom. The van der Waals surface area contributed by atoms with Crippen LogP contribution in [0.25, 0.3) is 16.7 Å². The van der Waals surface area contributed by atoms with Crippen LogP contribution >= 0.6 is 0 Å². The van der Waals surface area contributed by atoms with Gasteiger partial charge in [-0.2, -0.15) is 0 Å². The van der Waals surface area contributed by atoms with Crippen LogP contribution in [0.2, 0.25) is 0 Å². The number of hydrogen-bond acceptors (Lipinski definition) is 0. The normalized spacial score (nSPS) is 25.4. The fourth-order valence-corrected chi connectivity index (χ4v) is 4.78. The first-order valence-corrected chi connectivity index (χ1v) is 10.4. The summed E-state index contributed by atoms with van der Waals surface area (Å²) in [6.45, 7) is 1.45. The van der Waals surface area contributed by atoms with Crippen molar-refractivity contribution in [1.29, 1.82) is 0 Å². The molecule has 3 heteroatoms. The molecule has 2 aromatic carbocycles. The van der Waals surface area contributed by atoms with Gasteiger partial charge in [-0.15, -0.1) is 0 Å². The summed E-state index contributed by atoms with van der Waals surface area (Å²) in [5, 5.41) is 0. The van der Waals surface area contributed by atoms with Crippen molar-refractivity contribution >= 4 is 5.57 Å². The Hall–Kier alpha value is -2.03. The lowest BCUT2D eigenvalue weighted by Crippen LogP contribution is -2.23. The summed E-state index contributed by atoms with van der Waals surface area (Å²) < 4.78 is 41.0. The highest BCUT2D eigenvalue weighted by atomic mass is 19.1. The summed E-state index contributed by atoms with van der Waals surface area (Å²) in [6, 6.07) is 10.8. The molecular weight excluding hydrogens is 357 g/mol. The molecule has 0 aliphatic heterocycles. The zero-order valence-electron chi connectivity index (χ0n) is 16.4. The fraction of sp³-hybridized carbons (Fsp3) is 0.440. The molecule has 2 aliphatic carbocycles. The minimum Gasteiger partial charge on any atom is -0.247 e. The first kappa shape index (κ1) is 19.3. The molecule has 1 fully saturated rings. The van der Waals surface area contributed by atoms with Crippen LogP contribution < -0.4 is 0 Å². The van der Waals surface area contributed by atoms with E-state index >= 15 is 0 Å². The first-order chi connectivity index (χ1) is 13.5. The molecule has 1 atom stereocenters. The smallest absolute Gasteiger partial charge is 0.129 e. The van der Waals surface area contributed by atoms with Crippen molar-refractivity contribution < 1.29 is 13.2 Å². The minimum absolute atomic E-state index is 0.0577. The Morgan fingerprint density at radius 3 is 1.93 bits per heavy atom. The largest absolute Gasteiger partial charge is 0.247 e. The maximum absolute atomic E-state index is 13.8. The van der Waals surface area contributed by atoms with Crippen LogP contribution in [0.4, 0.5) is 13.2 Å². The molecule has 0 heterocycles. The lowest BCUT2D eigenvalue weighted by molar-refractivity contribution is 0.160. The zero-order chi connectivity index (χ0) is 19.7. The van der Waals surface area contributed by atoms with E-state index in [-0.39, 0.29) is 5.56 Å². The van der Waals surface area contributed by atoms with Crippen molar-refractivity contribution in [1.82, 2.24) is 0 Å². The average molecular weight is 384 g/mol. The summed E-state index contributed by atoms with van der Waals surface area (Å²) in [7, 11) is 0. The van der Waals surface area contributed by atoms with Gasteiger partial charge >= 0.3 is 0 Å². The molecule has 1 saturated carbocycles. The van der Waals surface area contributed by atoms with Crippen LogP contribution in [-0.4, -0.2) is 6.17 Å². The fourth-order valence-electron chi connectivity index (χ4n) is 4.78. The molecule has 0 nitrogen and oxygen atoms in total. The van der Waals surface area contributed by atoms with Crippen LogP contribution in [0, 0.1) is 30.4 Å². The summed E-state index contributed by atoms with van der Waals surface area (Å²) in [6.07, 6.45) is 8.60. The lowest BCUT2D eigenvalue weighted by Gasteiger charge is -2.33. The van der Waals surface area contributed by atoms with Crippen molar-refractivity contribution in [3.8, 4) is 11.1 Å². The van der Waals surface area contributed by atoms with Crippen molar-refractivity contribution in [2.75, 3.05) is 0 Å². The SMILES string of the molecule is Cc1c(F)cc(-c2ccc(C3=CCC(C4CCC(F)CC4)CC3)cc2)cc1F. The zero-order valence-corrected chi connectivity index (χ0v) is 16.4. The van der Waals surface area contributed by atoms with Gasteiger partial charge in [0, 0.05) is 5.56 Å². The molecule has 0 N–H and O–H groups in total. The van der Waals surface area contributed by atoms with E-state index in [4.69, 9.17) is 0 Å². The summed E-state index contributed by atoms with van der Waals surface area (Å²) in [5.74, 6) is 0.344. The number of rotatable bonds is 3. The van der Waals surface area contributed by atoms with E-state index in [2.05, 4.69) is 6.08 Å². The Balaban J connectivity index is 1.45. The maximum Gasteiger partial charge on any atom is 0.129 e. The summed E-state index contributed by atoms with van der Waals surface area (Å²) in [4.78, 5) is 0. The molecule has 0 aromatic heterocycles. The predicted molar refractivity (Wildman–Crippen MR) is 109 cm³/mol. The molecule has 1 unspecified atom stereocenters. The number of halogens is 3. The molecule has 0 saturated heterocycles. The Labute approximate surface area is 165 Å². The molecule has 4 rings (SSSR count). The van der Waals surface area contributed by atoms with Crippen LogP contribution in [0.5, 0.6) is 0 Å². The molecule has 148 valence electrons. The highest BCUT2D eigenvalue weighted by molar-refractivity contribution is 5.71. The van der Waals surface area contributed by atoms with Gasteiger partial charge < -0.3 is 0 Å². The third-order valence-corrected chi connectivity index (χ3v) is 6.69. The molecule has 0 spiro atoms. The molecule has 0 radical (unpaired) electrons. The van der Waals surface area contributed by atoms with Crippen molar-refractivity contribution in [3.63, 3.8) is 0 Å². The summed E-state index contributed by atoms with van der Waals surface area (Å²) >= 11 is 0. The topological polar surface area (TPSA) is 0 Å². The van der Waals surface area contributed by atoms with Gasteiger partial charge in [0.15, 0.2) is 0 Å². The molecule has 28 heavy (non-hydrogen) atoms. The van der Waals surface area contributed by atoms with E-state index in [0.29, 0.717) is 17.4 Å². The van der Waals surface area contributed by atoms with Crippen molar-refractivity contribution in [2.45, 2.75) is 58.0 Å². The van der Waals surface area contributed by atoms with Crippen LogP contribution in [0.15, 0.2) is 42.5 Å².